The zero-order chi connectivity index (χ0) is 28.8. The Bertz CT molecular complexity index is 1610. The van der Waals surface area contributed by atoms with Crippen LogP contribution in [0.5, 0.6) is 0 Å². The topological polar surface area (TPSA) is 116 Å². The Morgan fingerprint density at radius 1 is 1.17 bits per heavy atom. The Morgan fingerprint density at radius 2 is 1.88 bits per heavy atom. The summed E-state index contributed by atoms with van der Waals surface area (Å²) in [4.78, 5) is 20.1. The van der Waals surface area contributed by atoms with Crippen LogP contribution in [0.4, 0.5) is 10.1 Å². The van der Waals surface area contributed by atoms with Gasteiger partial charge in [0, 0.05) is 70.0 Å². The van der Waals surface area contributed by atoms with E-state index >= 15 is 0 Å². The zero-order valence-electron chi connectivity index (χ0n) is 23.3. The van der Waals surface area contributed by atoms with Crippen molar-refractivity contribution in [1.29, 1.82) is 10.0 Å². The van der Waals surface area contributed by atoms with Crippen molar-refractivity contribution < 1.29 is 13.4 Å². The summed E-state index contributed by atoms with van der Waals surface area (Å²) < 4.78 is 36.5. The number of nitrogens with zero attached hydrogens (tertiary/aromatic N) is 5. The molecule has 0 radical (unpaired) electrons. The minimum Gasteiger partial charge on any atom is -0.370 e. The molecule has 3 heterocycles. The molecule has 8 nitrogen and oxygen atoms in total. The predicted molar refractivity (Wildman–Crippen MR) is 156 cm³/mol. The fraction of sp³-hybridized carbons (Fsp3) is 0.484. The second-order valence-electron chi connectivity index (χ2n) is 11.9. The van der Waals surface area contributed by atoms with Crippen LogP contribution in [-0.4, -0.2) is 49.4 Å². The lowest BCUT2D eigenvalue weighted by Crippen LogP contribution is -2.39. The van der Waals surface area contributed by atoms with Crippen LogP contribution < -0.4 is 4.90 Å². The van der Waals surface area contributed by atoms with Gasteiger partial charge >= 0.3 is 0 Å². The van der Waals surface area contributed by atoms with Gasteiger partial charge < -0.3 is 4.90 Å². The summed E-state index contributed by atoms with van der Waals surface area (Å²) in [7, 11) is -2.48. The smallest absolute Gasteiger partial charge is 0.189 e. The molecule has 1 saturated heterocycles. The summed E-state index contributed by atoms with van der Waals surface area (Å²) in [5.74, 6) is 0.179. The van der Waals surface area contributed by atoms with E-state index in [2.05, 4.69) is 16.0 Å². The molecule has 3 aliphatic rings. The number of anilines is 1. The van der Waals surface area contributed by atoms with E-state index in [1.165, 1.54) is 6.07 Å². The van der Waals surface area contributed by atoms with Crippen molar-refractivity contribution in [2.75, 3.05) is 29.5 Å². The van der Waals surface area contributed by atoms with Crippen molar-refractivity contribution in [3.05, 3.63) is 59.8 Å². The number of hydrogen-bond donors (Lipinski definition) is 1. The largest absolute Gasteiger partial charge is 0.370 e. The Morgan fingerprint density at radius 3 is 2.54 bits per heavy atom. The molecular weight excluding hydrogens is 539 g/mol. The van der Waals surface area contributed by atoms with Crippen molar-refractivity contribution in [2.24, 2.45) is 11.3 Å². The van der Waals surface area contributed by atoms with Gasteiger partial charge in [0.15, 0.2) is 11.6 Å². The first-order valence-corrected chi connectivity index (χ1v) is 16.3. The van der Waals surface area contributed by atoms with Gasteiger partial charge in [-0.1, -0.05) is 25.0 Å². The minimum atomic E-state index is -2.48. The molecule has 1 aromatic carbocycles. The summed E-state index contributed by atoms with van der Waals surface area (Å²) in [5, 5.41) is 14.6. The number of hydrogen-bond acceptors (Lipinski definition) is 7. The third kappa shape index (κ3) is 5.40. The number of benzene rings is 1. The third-order valence-corrected chi connectivity index (χ3v) is 10.8. The minimum absolute atomic E-state index is 0.126. The molecule has 2 saturated carbocycles. The molecule has 1 aliphatic heterocycles. The van der Waals surface area contributed by atoms with E-state index in [4.69, 9.17) is 9.88 Å². The highest BCUT2D eigenvalue weighted by atomic mass is 32.2. The summed E-state index contributed by atoms with van der Waals surface area (Å²) in [5.41, 5.74) is 3.86. The van der Waals surface area contributed by atoms with Gasteiger partial charge in [0.2, 0.25) is 0 Å². The highest BCUT2D eigenvalue weighted by Crippen LogP contribution is 2.51. The van der Waals surface area contributed by atoms with Crippen molar-refractivity contribution in [3.63, 3.8) is 0 Å². The van der Waals surface area contributed by atoms with E-state index in [9.17, 15) is 18.7 Å². The number of carbonyl (C=O) groups excluding carboxylic acids is 1. The van der Waals surface area contributed by atoms with Crippen LogP contribution in [0.2, 0.25) is 0 Å². The number of nitrogens with one attached hydrogen (secondary N) is 1. The molecule has 1 N–H and O–H groups in total. The maximum atomic E-state index is 14.9. The molecule has 214 valence electrons. The Balaban J connectivity index is 1.40. The fourth-order valence-corrected chi connectivity index (χ4v) is 7.73. The van der Waals surface area contributed by atoms with E-state index in [1.54, 1.807) is 16.9 Å². The quantitative estimate of drug-likeness (QED) is 0.382. The van der Waals surface area contributed by atoms with E-state index in [1.807, 2.05) is 31.2 Å². The van der Waals surface area contributed by atoms with Gasteiger partial charge in [-0.15, -0.1) is 0 Å². The highest BCUT2D eigenvalue weighted by molar-refractivity contribution is 7.92. The van der Waals surface area contributed by atoms with Crippen LogP contribution in [0.15, 0.2) is 42.6 Å². The molecule has 3 fully saturated rings. The first-order valence-electron chi connectivity index (χ1n) is 14.4. The third-order valence-electron chi connectivity index (χ3n) is 9.12. The molecule has 6 rings (SSSR count). The standard InChI is InChI=1S/C31H35FN6O2S/c1-21-28(22-8-10-23(11-9-22)37-15-17-41(34,40)18-16-37)29(36-38(21)30-26(32)7-4-14-35-30)25-6-3-2-5-24(25)27(39)19-31(20-33)12-13-31/h4,7-11,14,24-25,34H,2-3,5-6,12-13,15-19H2,1H3/t24-,25-/m1/s1. The van der Waals surface area contributed by atoms with Gasteiger partial charge in [0.25, 0.3) is 0 Å². The molecule has 2 atom stereocenters. The first-order chi connectivity index (χ1) is 19.7. The van der Waals surface area contributed by atoms with Gasteiger partial charge in [-0.25, -0.2) is 18.3 Å². The van der Waals surface area contributed by atoms with E-state index in [0.717, 1.165) is 66.7 Å². The van der Waals surface area contributed by atoms with Crippen LogP contribution >= 0.6 is 0 Å². The number of pyridine rings is 1. The Hall–Kier alpha value is -3.58. The molecule has 2 aromatic heterocycles. The molecule has 0 amide bonds. The SMILES string of the molecule is Cc1c(-c2ccc(N3CCS(=N)(=O)CC3)cc2)c([C@@H]2CCCC[C@H]2C(=O)CC2(C#N)CC2)nn1-c1ncccc1F. The first kappa shape index (κ1) is 27.6. The second kappa shape index (κ2) is 10.7. The lowest BCUT2D eigenvalue weighted by Gasteiger charge is -2.31. The lowest BCUT2D eigenvalue weighted by molar-refractivity contribution is -0.125. The number of nitriles is 1. The molecule has 2 aliphatic carbocycles. The predicted octanol–water partition coefficient (Wildman–Crippen LogP) is 5.79. The normalized spacial score (nSPS) is 23.1. The van der Waals surface area contributed by atoms with Crippen LogP contribution in [0.1, 0.15) is 62.3 Å². The van der Waals surface area contributed by atoms with Crippen LogP contribution in [0, 0.1) is 40.2 Å². The number of aromatic nitrogens is 3. The summed E-state index contributed by atoms with van der Waals surface area (Å²) in [6, 6.07) is 13.4. The summed E-state index contributed by atoms with van der Waals surface area (Å²) >= 11 is 0. The van der Waals surface area contributed by atoms with Crippen LogP contribution in [-0.2, 0) is 14.5 Å². The van der Waals surface area contributed by atoms with Gasteiger partial charge in [0.05, 0.1) is 22.9 Å². The average Bonchev–Trinajstić information content (AvgIpc) is 3.67. The molecule has 41 heavy (non-hydrogen) atoms. The van der Waals surface area contributed by atoms with Gasteiger partial charge in [-0.3, -0.25) is 9.57 Å². The van der Waals surface area contributed by atoms with E-state index < -0.39 is 21.0 Å². The van der Waals surface area contributed by atoms with Crippen LogP contribution in [0.3, 0.4) is 0 Å². The zero-order valence-corrected chi connectivity index (χ0v) is 24.1. The number of rotatable bonds is 7. The van der Waals surface area contributed by atoms with E-state index in [-0.39, 0.29) is 23.4 Å². The summed E-state index contributed by atoms with van der Waals surface area (Å²) in [6.07, 6.45) is 6.93. The van der Waals surface area contributed by atoms with Crippen molar-refractivity contribution >= 4 is 21.2 Å². The van der Waals surface area contributed by atoms with E-state index in [0.29, 0.717) is 31.0 Å². The monoisotopic (exact) mass is 574 g/mol. The molecule has 0 spiro atoms. The second-order valence-corrected chi connectivity index (χ2v) is 14.3. The maximum Gasteiger partial charge on any atom is 0.189 e. The summed E-state index contributed by atoms with van der Waals surface area (Å²) in [6.45, 7) is 3.08. The molecule has 0 unspecified atom stereocenters. The van der Waals surface area contributed by atoms with Gasteiger partial charge in [-0.2, -0.15) is 10.4 Å². The lowest BCUT2D eigenvalue weighted by atomic mass is 9.72. The maximum absolute atomic E-state index is 14.9. The average molecular weight is 575 g/mol. The molecule has 10 heteroatoms. The van der Waals surface area contributed by atoms with Crippen molar-refractivity contribution in [2.45, 2.75) is 57.8 Å². The van der Waals surface area contributed by atoms with Crippen molar-refractivity contribution in [3.8, 4) is 23.0 Å². The molecule has 3 aromatic rings. The van der Waals surface area contributed by atoms with Crippen molar-refractivity contribution in [1.82, 2.24) is 14.8 Å². The van der Waals surface area contributed by atoms with Crippen LogP contribution in [0.25, 0.3) is 16.9 Å². The number of Topliss-reactive ketones (excluding diaryl/α,β-unsaturated/α-hetero) is 1. The Kier molecular flexibility index (Phi) is 7.18. The molecule has 0 bridgehead atoms. The highest BCUT2D eigenvalue weighted by Gasteiger charge is 2.47. The number of carbonyl (C=O) groups is 1. The number of halogens is 1. The van der Waals surface area contributed by atoms with Gasteiger partial charge in [-0.05, 0) is 62.4 Å². The fourth-order valence-electron chi connectivity index (χ4n) is 6.49. The number of ketones is 1. The Labute approximate surface area is 240 Å². The molecular formula is C31H35FN6O2S. The van der Waals surface area contributed by atoms with Gasteiger partial charge in [0.1, 0.15) is 5.78 Å².